The Labute approximate surface area is 158 Å². The third-order valence-corrected chi connectivity index (χ3v) is 3.95. The number of ether oxygens (including phenoxy) is 2. The molecule has 0 saturated carbocycles. The lowest BCUT2D eigenvalue weighted by molar-refractivity contribution is 0.249. The van der Waals surface area contributed by atoms with E-state index in [0.717, 1.165) is 9.13 Å². The highest BCUT2D eigenvalue weighted by Crippen LogP contribution is 2.34. The zero-order chi connectivity index (χ0) is 18.2. The van der Waals surface area contributed by atoms with E-state index in [9.17, 15) is 4.79 Å². The molecule has 0 aliphatic carbocycles. The van der Waals surface area contributed by atoms with E-state index in [2.05, 4.69) is 39.2 Å². The number of amides is 2. The summed E-state index contributed by atoms with van der Waals surface area (Å²) in [6, 6.07) is 12.2. The number of primary amides is 1. The number of carbonyl (C=O) groups excluding carboxylic acids is 1. The zero-order valence-electron chi connectivity index (χ0n) is 13.3. The molecule has 2 aromatic carbocycles. The molecular formula is C17H15IN4O3. The lowest BCUT2D eigenvalue weighted by Crippen LogP contribution is -2.24. The van der Waals surface area contributed by atoms with Crippen LogP contribution in [0.1, 0.15) is 16.7 Å². The van der Waals surface area contributed by atoms with E-state index in [1.165, 1.54) is 13.3 Å². The molecule has 0 aliphatic rings. The van der Waals surface area contributed by atoms with Gasteiger partial charge in [0.1, 0.15) is 6.61 Å². The Kier molecular flexibility index (Phi) is 6.59. The molecule has 0 aliphatic heterocycles. The number of carbonyl (C=O) groups is 1. The lowest BCUT2D eigenvalue weighted by atomic mass is 10.1. The fourth-order valence-corrected chi connectivity index (χ4v) is 2.81. The third kappa shape index (κ3) is 5.09. The second kappa shape index (κ2) is 8.89. The maximum atomic E-state index is 10.6. The van der Waals surface area contributed by atoms with E-state index >= 15 is 0 Å². The van der Waals surface area contributed by atoms with Gasteiger partial charge < -0.3 is 15.2 Å². The minimum absolute atomic E-state index is 0.243. The van der Waals surface area contributed by atoms with Gasteiger partial charge in [-0.05, 0) is 46.4 Å². The van der Waals surface area contributed by atoms with Crippen molar-refractivity contribution >= 4 is 34.8 Å². The number of nitrogens with one attached hydrogen (secondary N) is 1. The zero-order valence-corrected chi connectivity index (χ0v) is 15.5. The van der Waals surface area contributed by atoms with Crippen molar-refractivity contribution in [1.29, 1.82) is 5.26 Å². The second-order valence-corrected chi connectivity index (χ2v) is 5.99. The topological polar surface area (TPSA) is 110 Å². The van der Waals surface area contributed by atoms with Gasteiger partial charge in [-0.3, -0.25) is 0 Å². The Hall–Kier alpha value is -2.80. The summed E-state index contributed by atoms with van der Waals surface area (Å²) in [6.07, 6.45) is 1.45. The Morgan fingerprint density at radius 2 is 2.20 bits per heavy atom. The first-order valence-corrected chi connectivity index (χ1v) is 8.20. The molecule has 0 bridgehead atoms. The van der Waals surface area contributed by atoms with Crippen LogP contribution in [0.15, 0.2) is 41.5 Å². The molecule has 0 spiro atoms. The molecule has 7 nitrogen and oxygen atoms in total. The molecule has 0 unspecified atom stereocenters. The van der Waals surface area contributed by atoms with Gasteiger partial charge in [-0.1, -0.05) is 18.2 Å². The molecule has 0 aromatic heterocycles. The first-order chi connectivity index (χ1) is 12.0. The van der Waals surface area contributed by atoms with Crippen molar-refractivity contribution in [2.24, 2.45) is 10.8 Å². The summed E-state index contributed by atoms with van der Waals surface area (Å²) >= 11 is 2.12. The number of halogens is 1. The summed E-state index contributed by atoms with van der Waals surface area (Å²) < 4.78 is 12.0. The predicted octanol–water partition coefficient (Wildman–Crippen LogP) is 2.75. The van der Waals surface area contributed by atoms with Crippen LogP contribution < -0.4 is 20.6 Å². The van der Waals surface area contributed by atoms with Crippen LogP contribution in [-0.4, -0.2) is 19.4 Å². The van der Waals surface area contributed by atoms with Crippen LogP contribution in [-0.2, 0) is 6.61 Å². The minimum Gasteiger partial charge on any atom is -0.493 e. The highest BCUT2D eigenvalue weighted by Gasteiger charge is 2.12. The number of hydrazone groups is 1. The predicted molar refractivity (Wildman–Crippen MR) is 102 cm³/mol. The van der Waals surface area contributed by atoms with E-state index in [-0.39, 0.29) is 6.61 Å². The summed E-state index contributed by atoms with van der Waals surface area (Å²) in [5.41, 5.74) is 9.15. The van der Waals surface area contributed by atoms with Crippen molar-refractivity contribution in [1.82, 2.24) is 5.43 Å². The van der Waals surface area contributed by atoms with Crippen molar-refractivity contribution in [3.05, 3.63) is 56.7 Å². The van der Waals surface area contributed by atoms with Crippen LogP contribution in [0.4, 0.5) is 4.79 Å². The number of nitrogens with zero attached hydrogens (tertiary/aromatic N) is 2. The van der Waals surface area contributed by atoms with Gasteiger partial charge in [0.15, 0.2) is 11.5 Å². The Morgan fingerprint density at radius 1 is 1.44 bits per heavy atom. The monoisotopic (exact) mass is 450 g/mol. The summed E-state index contributed by atoms with van der Waals surface area (Å²) in [6.45, 7) is 0.243. The molecule has 0 heterocycles. The molecule has 0 fully saturated rings. The molecular weight excluding hydrogens is 435 g/mol. The lowest BCUT2D eigenvalue weighted by Gasteiger charge is -2.14. The van der Waals surface area contributed by atoms with E-state index in [1.807, 2.05) is 18.2 Å². The molecule has 25 heavy (non-hydrogen) atoms. The Morgan fingerprint density at radius 3 is 2.88 bits per heavy atom. The second-order valence-electron chi connectivity index (χ2n) is 4.83. The largest absolute Gasteiger partial charge is 0.493 e. The first-order valence-electron chi connectivity index (χ1n) is 7.12. The van der Waals surface area contributed by atoms with E-state index in [4.69, 9.17) is 20.5 Å². The Bertz CT molecular complexity index is 846. The molecule has 2 rings (SSSR count). The first kappa shape index (κ1) is 18.5. The maximum Gasteiger partial charge on any atom is 0.332 e. The van der Waals surface area contributed by atoms with Crippen molar-refractivity contribution in [3.63, 3.8) is 0 Å². The average Bonchev–Trinajstić information content (AvgIpc) is 2.60. The highest BCUT2D eigenvalue weighted by atomic mass is 127. The fraction of sp³-hybridized carbons (Fsp3) is 0.118. The molecule has 2 amide bonds. The van der Waals surface area contributed by atoms with Crippen molar-refractivity contribution in [2.75, 3.05) is 7.11 Å². The number of urea groups is 1. The normalized spacial score (nSPS) is 10.3. The van der Waals surface area contributed by atoms with E-state index < -0.39 is 6.03 Å². The van der Waals surface area contributed by atoms with Gasteiger partial charge in [0, 0.05) is 5.56 Å². The molecule has 8 heteroatoms. The molecule has 128 valence electrons. The molecule has 3 N–H and O–H groups in total. The number of hydrogen-bond donors (Lipinski definition) is 2. The fourth-order valence-electron chi connectivity index (χ4n) is 2.03. The standard InChI is InChI=1S/C17H15IN4O3/c1-24-15-7-11(9-21-22-17(20)23)6-14(18)16(15)25-10-13-5-3-2-4-12(13)8-19/h2-7,9H,10H2,1H3,(H3,20,22,23)/b21-9+. The number of nitrogens with two attached hydrogens (primary N) is 1. The summed E-state index contributed by atoms with van der Waals surface area (Å²) in [5.74, 6) is 1.08. The highest BCUT2D eigenvalue weighted by molar-refractivity contribution is 14.1. The third-order valence-electron chi connectivity index (χ3n) is 3.15. The number of nitriles is 1. The van der Waals surface area contributed by atoms with E-state index in [0.29, 0.717) is 22.6 Å². The van der Waals surface area contributed by atoms with Crippen LogP contribution in [0.3, 0.4) is 0 Å². The number of methoxy groups -OCH3 is 1. The van der Waals surface area contributed by atoms with Gasteiger partial charge in [0.2, 0.25) is 0 Å². The number of benzene rings is 2. The van der Waals surface area contributed by atoms with Crippen molar-refractivity contribution < 1.29 is 14.3 Å². The molecule has 2 aromatic rings. The quantitative estimate of drug-likeness (QED) is 0.401. The average molecular weight is 450 g/mol. The van der Waals surface area contributed by atoms with Crippen LogP contribution >= 0.6 is 22.6 Å². The van der Waals surface area contributed by atoms with Gasteiger partial charge >= 0.3 is 6.03 Å². The van der Waals surface area contributed by atoms with Crippen molar-refractivity contribution in [3.8, 4) is 17.6 Å². The molecule has 0 atom stereocenters. The smallest absolute Gasteiger partial charge is 0.332 e. The maximum absolute atomic E-state index is 10.6. The van der Waals surface area contributed by atoms with Gasteiger partial charge in [-0.15, -0.1) is 0 Å². The summed E-state index contributed by atoms with van der Waals surface area (Å²) in [4.78, 5) is 10.6. The van der Waals surface area contributed by atoms with E-state index in [1.54, 1.807) is 18.2 Å². The summed E-state index contributed by atoms with van der Waals surface area (Å²) in [5, 5.41) is 12.9. The van der Waals surface area contributed by atoms with Gasteiger partial charge in [0.25, 0.3) is 0 Å². The van der Waals surface area contributed by atoms with Crippen LogP contribution in [0.2, 0.25) is 0 Å². The number of hydrogen-bond acceptors (Lipinski definition) is 5. The Balaban J connectivity index is 2.22. The molecule has 0 saturated heterocycles. The van der Waals surface area contributed by atoms with Crippen LogP contribution in [0.5, 0.6) is 11.5 Å². The minimum atomic E-state index is -0.742. The van der Waals surface area contributed by atoms with Crippen LogP contribution in [0, 0.1) is 14.9 Å². The van der Waals surface area contributed by atoms with Gasteiger partial charge in [-0.25, -0.2) is 10.2 Å². The summed E-state index contributed by atoms with van der Waals surface area (Å²) in [7, 11) is 1.53. The van der Waals surface area contributed by atoms with Crippen LogP contribution in [0.25, 0.3) is 0 Å². The van der Waals surface area contributed by atoms with Crippen molar-refractivity contribution in [2.45, 2.75) is 6.61 Å². The number of rotatable bonds is 6. The molecule has 0 radical (unpaired) electrons. The van der Waals surface area contributed by atoms with Gasteiger partial charge in [-0.2, -0.15) is 10.4 Å². The van der Waals surface area contributed by atoms with Gasteiger partial charge in [0.05, 0.1) is 28.5 Å². The SMILES string of the molecule is COc1cc(/C=N/NC(N)=O)cc(I)c1OCc1ccccc1C#N.